The molecule has 1 fully saturated rings. The quantitative estimate of drug-likeness (QED) is 0.689. The van der Waals surface area contributed by atoms with E-state index in [2.05, 4.69) is 4.90 Å². The zero-order valence-corrected chi connectivity index (χ0v) is 9.91. The smallest absolute Gasteiger partial charge is 0.0824 e. The summed E-state index contributed by atoms with van der Waals surface area (Å²) in [5.74, 6) is 0. The first-order valence-corrected chi connectivity index (χ1v) is 5.90. The largest absolute Gasteiger partial charge is 0.389 e. The molecule has 0 aromatic rings. The summed E-state index contributed by atoms with van der Waals surface area (Å²) in [6, 6.07) is 0. The van der Waals surface area contributed by atoms with Gasteiger partial charge in [0.25, 0.3) is 0 Å². The molecule has 0 saturated carbocycles. The summed E-state index contributed by atoms with van der Waals surface area (Å²) in [6.07, 6.45) is 1.74. The summed E-state index contributed by atoms with van der Waals surface area (Å²) in [5.41, 5.74) is 5.03. The molecule has 0 aromatic carbocycles. The fraction of sp³-hybridized carbons (Fsp3) is 1.00. The van der Waals surface area contributed by atoms with Crippen LogP contribution in [0.15, 0.2) is 0 Å². The van der Waals surface area contributed by atoms with Gasteiger partial charge in [0.1, 0.15) is 0 Å². The van der Waals surface area contributed by atoms with Crippen LogP contribution in [0.4, 0.5) is 0 Å². The van der Waals surface area contributed by atoms with Gasteiger partial charge in [0.2, 0.25) is 0 Å². The van der Waals surface area contributed by atoms with Crippen LogP contribution in [-0.4, -0.2) is 54.5 Å². The minimum absolute atomic E-state index is 0.136. The van der Waals surface area contributed by atoms with E-state index in [1.807, 2.05) is 13.8 Å². The first kappa shape index (κ1) is 12.9. The van der Waals surface area contributed by atoms with Crippen molar-refractivity contribution in [1.82, 2.24) is 4.90 Å². The third-order valence-electron chi connectivity index (χ3n) is 3.32. The molecule has 90 valence electrons. The highest BCUT2D eigenvalue weighted by Gasteiger charge is 2.28. The van der Waals surface area contributed by atoms with E-state index < -0.39 is 5.60 Å². The van der Waals surface area contributed by atoms with Crippen LogP contribution in [0.1, 0.15) is 26.7 Å². The lowest BCUT2D eigenvalue weighted by Crippen LogP contribution is -2.51. The molecule has 3 N–H and O–H groups in total. The highest BCUT2D eigenvalue weighted by molar-refractivity contribution is 4.82. The number of nitrogens with zero attached hydrogens (tertiary/aromatic N) is 1. The maximum Gasteiger partial charge on any atom is 0.0824 e. The van der Waals surface area contributed by atoms with Crippen molar-refractivity contribution >= 4 is 0 Å². The van der Waals surface area contributed by atoms with Gasteiger partial charge >= 0.3 is 0 Å². The molecule has 0 aliphatic carbocycles. The summed E-state index contributed by atoms with van der Waals surface area (Å²) in [4.78, 5) is 2.26. The molecule has 0 aromatic heterocycles. The van der Waals surface area contributed by atoms with Gasteiger partial charge in [-0.3, -0.25) is 4.90 Å². The average molecular weight is 216 g/mol. The zero-order valence-electron chi connectivity index (χ0n) is 9.91. The fourth-order valence-electron chi connectivity index (χ4n) is 1.96. The Morgan fingerprint density at radius 1 is 1.47 bits per heavy atom. The van der Waals surface area contributed by atoms with Crippen molar-refractivity contribution in [3.63, 3.8) is 0 Å². The van der Waals surface area contributed by atoms with E-state index >= 15 is 0 Å². The third kappa shape index (κ3) is 3.72. The van der Waals surface area contributed by atoms with E-state index in [9.17, 15) is 5.11 Å². The Kier molecular flexibility index (Phi) is 4.99. The number of β-amino-alcohol motifs (C(OH)–C–C–N with tert-alkyl or cyclic N) is 1. The molecule has 1 unspecified atom stereocenters. The van der Waals surface area contributed by atoms with Gasteiger partial charge < -0.3 is 15.6 Å². The normalized spacial score (nSPS) is 24.4. The predicted octanol–water partition coefficient (Wildman–Crippen LogP) is 0.197. The van der Waals surface area contributed by atoms with Crippen LogP contribution in [0.5, 0.6) is 0 Å². The summed E-state index contributed by atoms with van der Waals surface area (Å²) in [6.45, 7) is 7.84. The molecule has 1 rings (SSSR count). The molecule has 4 nitrogen and oxygen atoms in total. The Morgan fingerprint density at radius 3 is 2.67 bits per heavy atom. The van der Waals surface area contributed by atoms with E-state index in [4.69, 9.17) is 10.5 Å². The van der Waals surface area contributed by atoms with Crippen LogP contribution in [-0.2, 0) is 4.74 Å². The molecule has 4 heteroatoms. The van der Waals surface area contributed by atoms with E-state index in [0.717, 1.165) is 39.1 Å². The van der Waals surface area contributed by atoms with Crippen LogP contribution in [0, 0.1) is 0 Å². The molecule has 0 radical (unpaired) electrons. The third-order valence-corrected chi connectivity index (χ3v) is 3.32. The van der Waals surface area contributed by atoms with Crippen molar-refractivity contribution in [2.75, 3.05) is 32.8 Å². The summed E-state index contributed by atoms with van der Waals surface area (Å²) < 4.78 is 5.49. The minimum Gasteiger partial charge on any atom is -0.389 e. The Morgan fingerprint density at radius 2 is 2.13 bits per heavy atom. The highest BCUT2D eigenvalue weighted by atomic mass is 16.5. The Labute approximate surface area is 92.4 Å². The van der Waals surface area contributed by atoms with Gasteiger partial charge in [0.05, 0.1) is 18.3 Å². The number of aliphatic hydroxyl groups is 1. The second-order valence-corrected chi connectivity index (χ2v) is 4.40. The SMILES string of the molecule is CCC(O)(CC)CN1CCOC(CN)C1. The summed E-state index contributed by atoms with van der Waals surface area (Å²) in [7, 11) is 0. The van der Waals surface area contributed by atoms with Crippen LogP contribution in [0.3, 0.4) is 0 Å². The molecule has 0 spiro atoms. The van der Waals surface area contributed by atoms with Gasteiger partial charge in [-0.15, -0.1) is 0 Å². The molecule has 1 aliphatic rings. The van der Waals surface area contributed by atoms with Crippen molar-refractivity contribution in [2.45, 2.75) is 38.4 Å². The van der Waals surface area contributed by atoms with Gasteiger partial charge in [-0.05, 0) is 12.8 Å². The lowest BCUT2D eigenvalue weighted by molar-refractivity contribution is -0.0636. The van der Waals surface area contributed by atoms with Gasteiger partial charge in [-0.25, -0.2) is 0 Å². The van der Waals surface area contributed by atoms with Gasteiger partial charge in [-0.1, -0.05) is 13.8 Å². The number of hydrogen-bond acceptors (Lipinski definition) is 4. The maximum atomic E-state index is 10.2. The van der Waals surface area contributed by atoms with Crippen molar-refractivity contribution in [2.24, 2.45) is 5.73 Å². The number of hydrogen-bond donors (Lipinski definition) is 2. The van der Waals surface area contributed by atoms with E-state index in [1.54, 1.807) is 0 Å². The number of nitrogens with two attached hydrogens (primary N) is 1. The average Bonchev–Trinajstić information content (AvgIpc) is 2.29. The van der Waals surface area contributed by atoms with E-state index in [1.165, 1.54) is 0 Å². The first-order chi connectivity index (χ1) is 7.13. The van der Waals surface area contributed by atoms with Crippen LogP contribution >= 0.6 is 0 Å². The van der Waals surface area contributed by atoms with Gasteiger partial charge in [-0.2, -0.15) is 0 Å². The van der Waals surface area contributed by atoms with Crippen LogP contribution in [0.2, 0.25) is 0 Å². The Balaban J connectivity index is 2.43. The Bertz CT molecular complexity index is 183. The van der Waals surface area contributed by atoms with Crippen LogP contribution in [0.25, 0.3) is 0 Å². The molecule has 1 heterocycles. The van der Waals surface area contributed by atoms with Crippen molar-refractivity contribution in [1.29, 1.82) is 0 Å². The maximum absolute atomic E-state index is 10.2. The second-order valence-electron chi connectivity index (χ2n) is 4.40. The second kappa shape index (κ2) is 5.80. The van der Waals surface area contributed by atoms with Gasteiger partial charge in [0.15, 0.2) is 0 Å². The summed E-state index contributed by atoms with van der Waals surface area (Å²) >= 11 is 0. The lowest BCUT2D eigenvalue weighted by Gasteiger charge is -2.37. The van der Waals surface area contributed by atoms with E-state index in [0.29, 0.717) is 6.54 Å². The monoisotopic (exact) mass is 216 g/mol. The molecular weight excluding hydrogens is 192 g/mol. The number of ether oxygens (including phenoxy) is 1. The fourth-order valence-corrected chi connectivity index (χ4v) is 1.96. The summed E-state index contributed by atoms with van der Waals surface area (Å²) in [5, 5.41) is 10.2. The zero-order chi connectivity index (χ0) is 11.3. The topological polar surface area (TPSA) is 58.7 Å². The van der Waals surface area contributed by atoms with Crippen molar-refractivity contribution in [3.05, 3.63) is 0 Å². The van der Waals surface area contributed by atoms with E-state index in [-0.39, 0.29) is 6.10 Å². The molecule has 1 aliphatic heterocycles. The number of rotatable bonds is 5. The van der Waals surface area contributed by atoms with Crippen molar-refractivity contribution < 1.29 is 9.84 Å². The highest BCUT2D eigenvalue weighted by Crippen LogP contribution is 2.18. The molecule has 1 atom stereocenters. The molecule has 1 saturated heterocycles. The molecule has 0 bridgehead atoms. The molecular formula is C11H24N2O2. The number of morpholine rings is 1. The van der Waals surface area contributed by atoms with Crippen molar-refractivity contribution in [3.8, 4) is 0 Å². The first-order valence-electron chi connectivity index (χ1n) is 5.90. The van der Waals surface area contributed by atoms with Gasteiger partial charge in [0, 0.05) is 26.2 Å². The van der Waals surface area contributed by atoms with Crippen LogP contribution < -0.4 is 5.73 Å². The minimum atomic E-state index is -0.545. The lowest BCUT2D eigenvalue weighted by atomic mass is 9.96. The Hall–Kier alpha value is -0.160. The molecule has 15 heavy (non-hydrogen) atoms. The predicted molar refractivity (Wildman–Crippen MR) is 60.8 cm³/mol. The molecule has 0 amide bonds. The standard InChI is InChI=1S/C11H24N2O2/c1-3-11(14,4-2)9-13-5-6-15-10(7-12)8-13/h10,14H,3-9,12H2,1-2H3.